The summed E-state index contributed by atoms with van der Waals surface area (Å²) in [5.41, 5.74) is 2.83. The topological polar surface area (TPSA) is 37.8 Å². The summed E-state index contributed by atoms with van der Waals surface area (Å²) in [6.07, 6.45) is 4.39. The van der Waals surface area contributed by atoms with Crippen molar-refractivity contribution in [3.8, 4) is 0 Å². The molecule has 0 amide bonds. The second-order valence-electron chi connectivity index (χ2n) is 4.62. The molecule has 1 atom stereocenters. The predicted octanol–water partition coefficient (Wildman–Crippen LogP) is 3.01. The fraction of sp³-hybridized carbons (Fsp3) is 0.333. The number of aromatic nitrogens is 2. The van der Waals surface area contributed by atoms with E-state index in [1.165, 1.54) is 6.07 Å². The SMILES string of the molecule is CCCNC(c1ccnnc1)c1cc(C)cc(F)c1. The molecule has 0 aliphatic heterocycles. The molecular weight excluding hydrogens is 241 g/mol. The van der Waals surface area contributed by atoms with E-state index in [2.05, 4.69) is 22.4 Å². The lowest BCUT2D eigenvalue weighted by atomic mass is 9.98. The third kappa shape index (κ3) is 3.58. The van der Waals surface area contributed by atoms with Gasteiger partial charge in [0.25, 0.3) is 0 Å². The summed E-state index contributed by atoms with van der Waals surface area (Å²) in [5.74, 6) is -0.208. The minimum Gasteiger partial charge on any atom is -0.306 e. The number of nitrogens with one attached hydrogen (secondary N) is 1. The van der Waals surface area contributed by atoms with Gasteiger partial charge >= 0.3 is 0 Å². The van der Waals surface area contributed by atoms with Crippen LogP contribution in [0.5, 0.6) is 0 Å². The van der Waals surface area contributed by atoms with Gasteiger partial charge in [0.05, 0.1) is 12.2 Å². The molecule has 0 radical (unpaired) electrons. The molecule has 1 N–H and O–H groups in total. The zero-order valence-corrected chi connectivity index (χ0v) is 11.2. The maximum absolute atomic E-state index is 13.6. The second-order valence-corrected chi connectivity index (χ2v) is 4.62. The van der Waals surface area contributed by atoms with E-state index in [1.54, 1.807) is 18.5 Å². The van der Waals surface area contributed by atoms with E-state index >= 15 is 0 Å². The molecule has 0 saturated heterocycles. The van der Waals surface area contributed by atoms with Crippen LogP contribution in [0.15, 0.2) is 36.7 Å². The van der Waals surface area contributed by atoms with Gasteiger partial charge in [-0.05, 0) is 54.8 Å². The van der Waals surface area contributed by atoms with Gasteiger partial charge in [0.2, 0.25) is 0 Å². The van der Waals surface area contributed by atoms with Crippen molar-refractivity contribution in [3.05, 3.63) is 59.2 Å². The van der Waals surface area contributed by atoms with Gasteiger partial charge in [0.1, 0.15) is 5.82 Å². The van der Waals surface area contributed by atoms with Crippen LogP contribution in [-0.2, 0) is 0 Å². The van der Waals surface area contributed by atoms with Gasteiger partial charge in [-0.2, -0.15) is 10.2 Å². The molecule has 0 aliphatic rings. The number of hydrogen-bond donors (Lipinski definition) is 1. The molecule has 0 spiro atoms. The second kappa shape index (κ2) is 6.38. The van der Waals surface area contributed by atoms with Gasteiger partial charge in [0, 0.05) is 6.20 Å². The Kier molecular flexibility index (Phi) is 4.58. The highest BCUT2D eigenvalue weighted by Gasteiger charge is 2.14. The summed E-state index contributed by atoms with van der Waals surface area (Å²) in [7, 11) is 0. The molecule has 1 unspecified atom stereocenters. The molecule has 0 bridgehead atoms. The smallest absolute Gasteiger partial charge is 0.123 e. The highest BCUT2D eigenvalue weighted by atomic mass is 19.1. The van der Waals surface area contributed by atoms with Crippen molar-refractivity contribution in [1.29, 1.82) is 0 Å². The Balaban J connectivity index is 2.36. The molecule has 1 aromatic heterocycles. The van der Waals surface area contributed by atoms with Crippen LogP contribution >= 0.6 is 0 Å². The standard InChI is InChI=1S/C15H18FN3/c1-3-5-17-15(12-4-6-18-19-10-12)13-7-11(2)8-14(16)9-13/h4,6-10,15,17H,3,5H2,1-2H3. The van der Waals surface area contributed by atoms with E-state index in [1.807, 2.05) is 19.1 Å². The van der Waals surface area contributed by atoms with Gasteiger partial charge in [-0.3, -0.25) is 0 Å². The lowest BCUT2D eigenvalue weighted by Crippen LogP contribution is -2.23. The first-order valence-electron chi connectivity index (χ1n) is 6.47. The summed E-state index contributed by atoms with van der Waals surface area (Å²) in [5, 5.41) is 11.1. The predicted molar refractivity (Wildman–Crippen MR) is 73.3 cm³/mol. The van der Waals surface area contributed by atoms with Crippen LogP contribution in [0.3, 0.4) is 0 Å². The number of aryl methyl sites for hydroxylation is 1. The van der Waals surface area contributed by atoms with Crippen LogP contribution in [0.25, 0.3) is 0 Å². The Hall–Kier alpha value is -1.81. The van der Waals surface area contributed by atoms with Crippen LogP contribution in [0.4, 0.5) is 4.39 Å². The molecule has 0 aliphatic carbocycles. The van der Waals surface area contributed by atoms with Crippen molar-refractivity contribution in [1.82, 2.24) is 15.5 Å². The Morgan fingerprint density at radius 3 is 2.68 bits per heavy atom. The molecule has 2 rings (SSSR count). The molecule has 4 heteroatoms. The van der Waals surface area contributed by atoms with Gasteiger partial charge < -0.3 is 5.32 Å². The quantitative estimate of drug-likeness (QED) is 0.897. The van der Waals surface area contributed by atoms with Crippen molar-refractivity contribution < 1.29 is 4.39 Å². The maximum atomic E-state index is 13.6. The first kappa shape index (κ1) is 13.6. The third-order valence-corrected chi connectivity index (χ3v) is 2.94. The van der Waals surface area contributed by atoms with Crippen molar-refractivity contribution in [2.45, 2.75) is 26.3 Å². The largest absolute Gasteiger partial charge is 0.306 e. The lowest BCUT2D eigenvalue weighted by molar-refractivity contribution is 0.582. The fourth-order valence-corrected chi connectivity index (χ4v) is 2.12. The van der Waals surface area contributed by atoms with Crippen molar-refractivity contribution in [2.75, 3.05) is 6.54 Å². The average molecular weight is 259 g/mol. The summed E-state index contributed by atoms with van der Waals surface area (Å²) in [6, 6.07) is 6.95. The summed E-state index contributed by atoms with van der Waals surface area (Å²) in [4.78, 5) is 0. The highest BCUT2D eigenvalue weighted by molar-refractivity contribution is 5.33. The summed E-state index contributed by atoms with van der Waals surface area (Å²) < 4.78 is 13.6. The summed E-state index contributed by atoms with van der Waals surface area (Å²) >= 11 is 0. The van der Waals surface area contributed by atoms with Gasteiger partial charge in [-0.25, -0.2) is 4.39 Å². The molecule has 1 aromatic carbocycles. The zero-order chi connectivity index (χ0) is 13.7. The van der Waals surface area contributed by atoms with E-state index in [4.69, 9.17) is 0 Å². The van der Waals surface area contributed by atoms with E-state index < -0.39 is 0 Å². The zero-order valence-electron chi connectivity index (χ0n) is 11.2. The van der Waals surface area contributed by atoms with Gasteiger partial charge in [-0.1, -0.05) is 13.0 Å². The van der Waals surface area contributed by atoms with Crippen LogP contribution in [0.2, 0.25) is 0 Å². The lowest BCUT2D eigenvalue weighted by Gasteiger charge is -2.19. The molecule has 2 aromatic rings. The minimum absolute atomic E-state index is 0.0511. The van der Waals surface area contributed by atoms with E-state index in [-0.39, 0.29) is 11.9 Å². The van der Waals surface area contributed by atoms with Crippen LogP contribution < -0.4 is 5.32 Å². The number of hydrogen-bond acceptors (Lipinski definition) is 3. The van der Waals surface area contributed by atoms with Crippen molar-refractivity contribution in [2.24, 2.45) is 0 Å². The monoisotopic (exact) mass is 259 g/mol. The van der Waals surface area contributed by atoms with Crippen LogP contribution in [0, 0.1) is 12.7 Å². The molecule has 19 heavy (non-hydrogen) atoms. The van der Waals surface area contributed by atoms with E-state index in [0.717, 1.165) is 29.7 Å². The number of benzene rings is 1. The Morgan fingerprint density at radius 2 is 2.05 bits per heavy atom. The van der Waals surface area contributed by atoms with Gasteiger partial charge in [0.15, 0.2) is 0 Å². The number of rotatable bonds is 5. The molecular formula is C15H18FN3. The Labute approximate surface area is 112 Å². The minimum atomic E-state index is -0.208. The number of halogens is 1. The number of nitrogens with zero attached hydrogens (tertiary/aromatic N) is 2. The molecule has 3 nitrogen and oxygen atoms in total. The van der Waals surface area contributed by atoms with E-state index in [0.29, 0.717) is 0 Å². The molecule has 0 fully saturated rings. The van der Waals surface area contributed by atoms with Crippen molar-refractivity contribution in [3.63, 3.8) is 0 Å². The van der Waals surface area contributed by atoms with Gasteiger partial charge in [-0.15, -0.1) is 0 Å². The third-order valence-electron chi connectivity index (χ3n) is 2.94. The normalized spacial score (nSPS) is 12.4. The first-order valence-corrected chi connectivity index (χ1v) is 6.47. The fourth-order valence-electron chi connectivity index (χ4n) is 2.12. The average Bonchev–Trinajstić information content (AvgIpc) is 2.39. The first-order chi connectivity index (χ1) is 9.20. The Morgan fingerprint density at radius 1 is 1.21 bits per heavy atom. The Bertz CT molecular complexity index is 508. The molecule has 1 heterocycles. The molecule has 100 valence electrons. The van der Waals surface area contributed by atoms with Crippen LogP contribution in [-0.4, -0.2) is 16.7 Å². The maximum Gasteiger partial charge on any atom is 0.123 e. The molecule has 0 saturated carbocycles. The highest BCUT2D eigenvalue weighted by Crippen LogP contribution is 2.23. The van der Waals surface area contributed by atoms with E-state index in [9.17, 15) is 4.39 Å². The summed E-state index contributed by atoms with van der Waals surface area (Å²) in [6.45, 7) is 4.86. The van der Waals surface area contributed by atoms with Crippen LogP contribution in [0.1, 0.15) is 36.1 Å². The van der Waals surface area contributed by atoms with Crippen molar-refractivity contribution >= 4 is 0 Å².